The summed E-state index contributed by atoms with van der Waals surface area (Å²) in [6.07, 6.45) is -7.77. The molecule has 0 bridgehead atoms. The van der Waals surface area contributed by atoms with Gasteiger partial charge in [-0.15, -0.1) is 0 Å². The molecule has 0 saturated heterocycles. The van der Waals surface area contributed by atoms with Crippen LogP contribution in [0.5, 0.6) is 5.88 Å². The zero-order chi connectivity index (χ0) is 37.5. The first-order chi connectivity index (χ1) is 24.1. The standard InChI is InChI=1S/C33H38F6N6O6/c1-5-23-16-26(29-25(7-8-27(42-29)50-4)45(23)31(48)51-6-2)44(19-20-13-21(32(34,35)36)15-22(14-20)33(37,38)39)30-40-17-24(18-41-30)43(11-12-49-3)10-9-28(46)47/h7-8,13-15,17-18,23,26H,5-6,9-12,16,19H2,1-4H3,(H,46,47)/t23-,26+/m1/s1. The number of benzene rings is 1. The Balaban J connectivity index is 1.91. The summed E-state index contributed by atoms with van der Waals surface area (Å²) in [5, 5.41) is 9.23. The fourth-order valence-corrected chi connectivity index (χ4v) is 5.80. The lowest BCUT2D eigenvalue weighted by molar-refractivity contribution is -0.143. The van der Waals surface area contributed by atoms with Gasteiger partial charge in [0.25, 0.3) is 0 Å². The summed E-state index contributed by atoms with van der Waals surface area (Å²) in [5.41, 5.74) is -2.37. The summed E-state index contributed by atoms with van der Waals surface area (Å²) in [6, 6.07) is 3.00. The number of hydrogen-bond donors (Lipinski definition) is 1. The van der Waals surface area contributed by atoms with Crippen molar-refractivity contribution >= 4 is 29.4 Å². The molecule has 3 aromatic rings. The van der Waals surface area contributed by atoms with Gasteiger partial charge in [0.1, 0.15) is 0 Å². The van der Waals surface area contributed by atoms with Gasteiger partial charge < -0.3 is 29.1 Å². The topological polar surface area (TPSA) is 130 Å². The summed E-state index contributed by atoms with van der Waals surface area (Å²) >= 11 is 0. The zero-order valence-electron chi connectivity index (χ0n) is 28.3. The summed E-state index contributed by atoms with van der Waals surface area (Å²) in [4.78, 5) is 42.6. The predicted molar refractivity (Wildman–Crippen MR) is 173 cm³/mol. The van der Waals surface area contributed by atoms with Gasteiger partial charge in [0.05, 0.1) is 73.4 Å². The average Bonchev–Trinajstić information content (AvgIpc) is 3.09. The van der Waals surface area contributed by atoms with E-state index in [0.29, 0.717) is 29.9 Å². The lowest BCUT2D eigenvalue weighted by Gasteiger charge is -2.43. The molecule has 0 unspecified atom stereocenters. The minimum absolute atomic E-state index is 0.0531. The molecule has 4 rings (SSSR count). The number of aromatic nitrogens is 3. The fraction of sp³-hybridized carbons (Fsp3) is 0.485. The first-order valence-electron chi connectivity index (χ1n) is 15.9. The Morgan fingerprint density at radius 1 is 0.980 bits per heavy atom. The van der Waals surface area contributed by atoms with Crippen molar-refractivity contribution in [1.29, 1.82) is 0 Å². The van der Waals surface area contributed by atoms with E-state index in [1.807, 2.05) is 6.92 Å². The third kappa shape index (κ3) is 9.47. The molecule has 2 atom stereocenters. The monoisotopic (exact) mass is 728 g/mol. The molecule has 0 spiro atoms. The maximum atomic E-state index is 13.9. The van der Waals surface area contributed by atoms with Crippen molar-refractivity contribution in [2.45, 2.75) is 64.1 Å². The third-order valence-corrected chi connectivity index (χ3v) is 8.24. The van der Waals surface area contributed by atoms with Gasteiger partial charge in [-0.25, -0.2) is 19.7 Å². The number of methoxy groups -OCH3 is 2. The molecule has 278 valence electrons. The highest BCUT2D eigenvalue weighted by atomic mass is 19.4. The van der Waals surface area contributed by atoms with Crippen molar-refractivity contribution in [2.24, 2.45) is 0 Å². The third-order valence-electron chi connectivity index (χ3n) is 8.24. The molecule has 0 aliphatic carbocycles. The SMILES string of the molecule is CCOC(=O)N1c2ccc(OC)nc2[C@@H](N(Cc2cc(C(F)(F)F)cc(C(F)(F)F)c2)c2ncc(N(CCOC)CCC(=O)O)cn2)C[C@H]1CC. The zero-order valence-corrected chi connectivity index (χ0v) is 28.3. The molecule has 51 heavy (non-hydrogen) atoms. The molecule has 1 aromatic carbocycles. The molecular formula is C33H38F6N6O6. The highest BCUT2D eigenvalue weighted by Gasteiger charge is 2.42. The summed E-state index contributed by atoms with van der Waals surface area (Å²) in [5.74, 6) is -0.976. The van der Waals surface area contributed by atoms with E-state index in [1.165, 1.54) is 42.5 Å². The second kappa shape index (κ2) is 16.4. The Morgan fingerprint density at radius 2 is 1.63 bits per heavy atom. The van der Waals surface area contributed by atoms with Gasteiger partial charge >= 0.3 is 24.4 Å². The number of carboxylic acids is 1. The predicted octanol–water partition coefficient (Wildman–Crippen LogP) is 6.74. The van der Waals surface area contributed by atoms with E-state index >= 15 is 0 Å². The van der Waals surface area contributed by atoms with Crippen LogP contribution in [0.25, 0.3) is 0 Å². The van der Waals surface area contributed by atoms with Crippen LogP contribution in [0.4, 0.5) is 48.5 Å². The van der Waals surface area contributed by atoms with Crippen molar-refractivity contribution in [3.05, 3.63) is 65.1 Å². The number of anilines is 3. The molecule has 3 heterocycles. The molecule has 12 nitrogen and oxygen atoms in total. The molecule has 0 saturated carbocycles. The molecule has 1 aliphatic heterocycles. The normalized spacial score (nSPS) is 16.0. The number of carboxylic acid groups (broad SMARTS) is 1. The number of carbonyl (C=O) groups is 2. The molecule has 2 aromatic heterocycles. The van der Waals surface area contributed by atoms with Gasteiger partial charge in [0.15, 0.2) is 0 Å². The number of amides is 1. The van der Waals surface area contributed by atoms with Gasteiger partial charge in [-0.1, -0.05) is 6.92 Å². The van der Waals surface area contributed by atoms with Gasteiger partial charge in [0, 0.05) is 38.9 Å². The van der Waals surface area contributed by atoms with E-state index in [2.05, 4.69) is 15.0 Å². The number of nitrogens with zero attached hydrogens (tertiary/aromatic N) is 6. The van der Waals surface area contributed by atoms with E-state index in [9.17, 15) is 41.0 Å². The Kier molecular flexibility index (Phi) is 12.5. The highest BCUT2D eigenvalue weighted by molar-refractivity contribution is 5.90. The van der Waals surface area contributed by atoms with Crippen LogP contribution in [-0.2, 0) is 33.2 Å². The summed E-state index contributed by atoms with van der Waals surface area (Å²) in [6.45, 7) is 3.61. The Morgan fingerprint density at radius 3 is 2.16 bits per heavy atom. The van der Waals surface area contributed by atoms with Crippen LogP contribution in [0.1, 0.15) is 61.5 Å². The molecule has 1 aliphatic rings. The Bertz CT molecular complexity index is 1630. The average molecular weight is 729 g/mol. The number of rotatable bonds is 14. The minimum Gasteiger partial charge on any atom is -0.481 e. The minimum atomic E-state index is -5.08. The Hall–Kier alpha value is -4.87. The molecular weight excluding hydrogens is 690 g/mol. The lowest BCUT2D eigenvalue weighted by atomic mass is 9.92. The van der Waals surface area contributed by atoms with Crippen LogP contribution in [0.15, 0.2) is 42.7 Å². The number of pyridine rings is 1. The van der Waals surface area contributed by atoms with Gasteiger partial charge in [0.2, 0.25) is 11.8 Å². The highest BCUT2D eigenvalue weighted by Crippen LogP contribution is 2.44. The molecule has 0 fully saturated rings. The van der Waals surface area contributed by atoms with Crippen LogP contribution in [-0.4, -0.2) is 78.7 Å². The second-order valence-corrected chi connectivity index (χ2v) is 11.5. The number of halogens is 6. The summed E-state index contributed by atoms with van der Waals surface area (Å²) in [7, 11) is 2.84. The molecule has 18 heteroatoms. The van der Waals surface area contributed by atoms with Gasteiger partial charge in [-0.05, 0) is 49.6 Å². The van der Waals surface area contributed by atoms with Crippen molar-refractivity contribution in [3.63, 3.8) is 0 Å². The number of carbonyl (C=O) groups excluding carboxylic acids is 1. The van der Waals surface area contributed by atoms with Crippen molar-refractivity contribution in [1.82, 2.24) is 15.0 Å². The van der Waals surface area contributed by atoms with E-state index in [4.69, 9.17) is 14.2 Å². The second-order valence-electron chi connectivity index (χ2n) is 11.5. The first-order valence-corrected chi connectivity index (χ1v) is 15.9. The lowest BCUT2D eigenvalue weighted by Crippen LogP contribution is -2.48. The largest absolute Gasteiger partial charge is 0.481 e. The van der Waals surface area contributed by atoms with Crippen LogP contribution >= 0.6 is 0 Å². The molecule has 0 radical (unpaired) electrons. The Labute approximate surface area is 289 Å². The quantitative estimate of drug-likeness (QED) is 0.177. The van der Waals surface area contributed by atoms with Crippen LogP contribution in [0.2, 0.25) is 0 Å². The van der Waals surface area contributed by atoms with Gasteiger partial charge in [-0.3, -0.25) is 9.69 Å². The maximum absolute atomic E-state index is 13.9. The van der Waals surface area contributed by atoms with Crippen LogP contribution in [0.3, 0.4) is 0 Å². The fourth-order valence-electron chi connectivity index (χ4n) is 5.80. The molecule has 1 N–H and O–H groups in total. The first kappa shape index (κ1) is 38.9. The van der Waals surface area contributed by atoms with Gasteiger partial charge in [-0.2, -0.15) is 26.3 Å². The summed E-state index contributed by atoms with van der Waals surface area (Å²) < 4.78 is 99.2. The number of fused-ring (bicyclic) bond motifs is 1. The van der Waals surface area contributed by atoms with E-state index in [0.717, 1.165) is 0 Å². The maximum Gasteiger partial charge on any atom is 0.416 e. The number of ether oxygens (including phenoxy) is 3. The van der Waals surface area contributed by atoms with E-state index < -0.39 is 54.2 Å². The number of alkyl halides is 6. The number of hydrogen-bond acceptors (Lipinski definition) is 10. The van der Waals surface area contributed by atoms with Crippen LogP contribution < -0.4 is 19.4 Å². The van der Waals surface area contributed by atoms with E-state index in [-0.39, 0.29) is 68.3 Å². The number of aliphatic carboxylic acids is 1. The van der Waals surface area contributed by atoms with Crippen molar-refractivity contribution in [3.8, 4) is 5.88 Å². The smallest absolute Gasteiger partial charge is 0.416 e. The van der Waals surface area contributed by atoms with Crippen LogP contribution in [0, 0.1) is 0 Å². The van der Waals surface area contributed by atoms with Crippen molar-refractivity contribution < 1.29 is 55.2 Å². The molecule has 1 amide bonds. The van der Waals surface area contributed by atoms with E-state index in [1.54, 1.807) is 17.9 Å². The van der Waals surface area contributed by atoms with Crippen molar-refractivity contribution in [2.75, 3.05) is 55.2 Å².